The van der Waals surface area contributed by atoms with Crippen molar-refractivity contribution in [1.29, 1.82) is 0 Å². The zero-order valence-electron chi connectivity index (χ0n) is 8.29. The van der Waals surface area contributed by atoms with Gasteiger partial charge in [-0.25, -0.2) is 14.1 Å². The van der Waals surface area contributed by atoms with Gasteiger partial charge >= 0.3 is 0 Å². The summed E-state index contributed by atoms with van der Waals surface area (Å²) >= 11 is 1.61. The Morgan fingerprint density at radius 1 is 1.53 bits per heavy atom. The minimum atomic E-state index is 0.468. The van der Waals surface area contributed by atoms with E-state index in [2.05, 4.69) is 22.0 Å². The third-order valence-electron chi connectivity index (χ3n) is 1.76. The van der Waals surface area contributed by atoms with E-state index in [0.717, 1.165) is 11.3 Å². The molecule has 0 aliphatic carbocycles. The number of nitrogen functional groups attached to an aromatic ring is 1. The summed E-state index contributed by atoms with van der Waals surface area (Å²) in [6.45, 7) is 2.07. The average molecular weight is 221 g/mol. The van der Waals surface area contributed by atoms with E-state index in [1.807, 2.05) is 6.20 Å². The van der Waals surface area contributed by atoms with Crippen LogP contribution in [0.1, 0.15) is 6.92 Å². The Kier molecular flexibility index (Phi) is 2.86. The summed E-state index contributed by atoms with van der Waals surface area (Å²) in [5.74, 6) is 2.05. The third kappa shape index (κ3) is 2.27. The quantitative estimate of drug-likeness (QED) is 0.849. The number of anilines is 1. The molecule has 0 unspecified atom stereocenters. The molecule has 0 amide bonds. The lowest BCUT2D eigenvalue weighted by atomic mass is 10.3. The van der Waals surface area contributed by atoms with Crippen LogP contribution in [-0.4, -0.2) is 24.9 Å². The second-order valence-corrected chi connectivity index (χ2v) is 4.06. The highest BCUT2D eigenvalue weighted by Gasteiger charge is 2.04. The van der Waals surface area contributed by atoms with Crippen molar-refractivity contribution in [2.45, 2.75) is 6.92 Å². The van der Waals surface area contributed by atoms with E-state index in [4.69, 9.17) is 5.73 Å². The Balaban J connectivity index is 2.29. The van der Waals surface area contributed by atoms with Gasteiger partial charge < -0.3 is 5.73 Å². The zero-order chi connectivity index (χ0) is 10.7. The lowest BCUT2D eigenvalue weighted by molar-refractivity contribution is 1.01. The van der Waals surface area contributed by atoms with Crippen LogP contribution < -0.4 is 5.73 Å². The number of hydrogen-bond acceptors (Lipinski definition) is 5. The molecule has 2 heterocycles. The van der Waals surface area contributed by atoms with Crippen molar-refractivity contribution in [2.24, 2.45) is 0 Å². The maximum Gasteiger partial charge on any atom is 0.164 e. The molecule has 5 nitrogen and oxygen atoms in total. The first kappa shape index (κ1) is 9.97. The molecular formula is C9H11N5S. The number of nitrogens with two attached hydrogens (primary N) is 1. The summed E-state index contributed by atoms with van der Waals surface area (Å²) in [7, 11) is 0. The van der Waals surface area contributed by atoms with Crippen LogP contribution in [0.4, 0.5) is 5.82 Å². The monoisotopic (exact) mass is 221 g/mol. The summed E-state index contributed by atoms with van der Waals surface area (Å²) in [6, 6.07) is 1.66. The Bertz CT molecular complexity index is 453. The molecule has 0 fully saturated rings. The molecule has 15 heavy (non-hydrogen) atoms. The van der Waals surface area contributed by atoms with Crippen molar-refractivity contribution < 1.29 is 0 Å². The summed E-state index contributed by atoms with van der Waals surface area (Å²) in [5, 5.41) is 4.17. The van der Waals surface area contributed by atoms with E-state index < -0.39 is 0 Å². The van der Waals surface area contributed by atoms with Gasteiger partial charge in [-0.2, -0.15) is 5.10 Å². The van der Waals surface area contributed by atoms with Crippen LogP contribution >= 0.6 is 11.9 Å². The van der Waals surface area contributed by atoms with Crippen molar-refractivity contribution in [1.82, 2.24) is 19.2 Å². The summed E-state index contributed by atoms with van der Waals surface area (Å²) in [4.78, 5) is 8.25. The van der Waals surface area contributed by atoms with Crippen molar-refractivity contribution >= 4 is 17.8 Å². The van der Waals surface area contributed by atoms with Crippen LogP contribution in [0.5, 0.6) is 0 Å². The predicted molar refractivity (Wildman–Crippen MR) is 61.2 cm³/mol. The number of nitrogens with zero attached hydrogens (tertiary/aromatic N) is 4. The molecule has 2 rings (SSSR count). The van der Waals surface area contributed by atoms with Gasteiger partial charge in [-0.05, 0) is 18.0 Å². The van der Waals surface area contributed by atoms with Crippen molar-refractivity contribution in [3.63, 3.8) is 0 Å². The summed E-state index contributed by atoms with van der Waals surface area (Å²) in [5.41, 5.74) is 6.46. The average Bonchev–Trinajstić information content (AvgIpc) is 2.67. The second kappa shape index (κ2) is 4.31. The highest BCUT2D eigenvalue weighted by atomic mass is 32.2. The van der Waals surface area contributed by atoms with Crippen LogP contribution in [0.2, 0.25) is 0 Å². The third-order valence-corrected chi connectivity index (χ3v) is 2.48. The molecule has 6 heteroatoms. The van der Waals surface area contributed by atoms with E-state index in [1.165, 1.54) is 0 Å². The first-order chi connectivity index (χ1) is 7.29. The standard InChI is InChI=1S/C9H11N5S/c1-2-15-14-6-7(5-12-14)9-11-4-3-8(10)13-9/h3-6H,2H2,1H3,(H2,10,11,13). The molecule has 2 N–H and O–H groups in total. The Hall–Kier alpha value is -1.56. The van der Waals surface area contributed by atoms with E-state index in [0.29, 0.717) is 11.6 Å². The normalized spacial score (nSPS) is 10.5. The van der Waals surface area contributed by atoms with Gasteiger partial charge in [-0.1, -0.05) is 6.92 Å². The molecule has 0 atom stereocenters. The molecule has 78 valence electrons. The van der Waals surface area contributed by atoms with Gasteiger partial charge in [0.05, 0.1) is 11.8 Å². The molecular weight excluding hydrogens is 210 g/mol. The highest BCUT2D eigenvalue weighted by molar-refractivity contribution is 7.97. The van der Waals surface area contributed by atoms with Crippen LogP contribution in [0.3, 0.4) is 0 Å². The van der Waals surface area contributed by atoms with Gasteiger partial charge in [-0.3, -0.25) is 0 Å². The molecule has 0 radical (unpaired) electrons. The first-order valence-corrected chi connectivity index (χ1v) is 5.50. The van der Waals surface area contributed by atoms with Gasteiger partial charge in [-0.15, -0.1) is 0 Å². The van der Waals surface area contributed by atoms with E-state index in [9.17, 15) is 0 Å². The number of aromatic nitrogens is 4. The van der Waals surface area contributed by atoms with Gasteiger partial charge in [0, 0.05) is 18.1 Å². The van der Waals surface area contributed by atoms with Crippen molar-refractivity contribution in [2.75, 3.05) is 11.5 Å². The molecule has 0 aromatic carbocycles. The molecule has 2 aromatic heterocycles. The van der Waals surface area contributed by atoms with Crippen LogP contribution in [-0.2, 0) is 0 Å². The SMILES string of the molecule is CCSn1cc(-c2nccc(N)n2)cn1. The molecule has 0 aliphatic rings. The summed E-state index contributed by atoms with van der Waals surface area (Å²) in [6.07, 6.45) is 5.27. The van der Waals surface area contributed by atoms with Gasteiger partial charge in [0.2, 0.25) is 0 Å². The fourth-order valence-electron chi connectivity index (χ4n) is 1.13. The van der Waals surface area contributed by atoms with Crippen molar-refractivity contribution in [3.8, 4) is 11.4 Å². The van der Waals surface area contributed by atoms with E-state index >= 15 is 0 Å². The van der Waals surface area contributed by atoms with E-state index in [-0.39, 0.29) is 0 Å². The van der Waals surface area contributed by atoms with Gasteiger partial charge in [0.25, 0.3) is 0 Å². The maximum absolute atomic E-state index is 5.58. The molecule has 0 saturated carbocycles. The Labute approximate surface area is 91.9 Å². The summed E-state index contributed by atoms with van der Waals surface area (Å²) < 4.78 is 1.79. The van der Waals surface area contributed by atoms with Crippen molar-refractivity contribution in [3.05, 3.63) is 24.7 Å². The predicted octanol–water partition coefficient (Wildman–Crippen LogP) is 1.44. The number of rotatable bonds is 3. The molecule has 0 spiro atoms. The lowest BCUT2D eigenvalue weighted by Gasteiger charge is -1.96. The minimum Gasteiger partial charge on any atom is -0.384 e. The molecule has 0 aliphatic heterocycles. The second-order valence-electron chi connectivity index (χ2n) is 2.85. The van der Waals surface area contributed by atoms with Crippen LogP contribution in [0.15, 0.2) is 24.7 Å². The molecule has 0 bridgehead atoms. The fourth-order valence-corrected chi connectivity index (χ4v) is 1.70. The smallest absolute Gasteiger partial charge is 0.164 e. The van der Waals surface area contributed by atoms with Crippen LogP contribution in [0, 0.1) is 0 Å². The fraction of sp³-hybridized carbons (Fsp3) is 0.222. The Morgan fingerprint density at radius 3 is 3.13 bits per heavy atom. The number of hydrogen-bond donors (Lipinski definition) is 1. The molecule has 2 aromatic rings. The largest absolute Gasteiger partial charge is 0.384 e. The zero-order valence-corrected chi connectivity index (χ0v) is 9.11. The lowest BCUT2D eigenvalue weighted by Crippen LogP contribution is -1.93. The first-order valence-electron chi connectivity index (χ1n) is 4.56. The minimum absolute atomic E-state index is 0.468. The van der Waals surface area contributed by atoms with Gasteiger partial charge in [0.1, 0.15) is 5.82 Å². The van der Waals surface area contributed by atoms with Gasteiger partial charge in [0.15, 0.2) is 5.82 Å². The molecule has 0 saturated heterocycles. The topological polar surface area (TPSA) is 69.6 Å². The Morgan fingerprint density at radius 2 is 2.40 bits per heavy atom. The van der Waals surface area contributed by atoms with Crippen LogP contribution in [0.25, 0.3) is 11.4 Å². The van der Waals surface area contributed by atoms with E-state index in [1.54, 1.807) is 34.5 Å². The maximum atomic E-state index is 5.58. The highest BCUT2D eigenvalue weighted by Crippen LogP contribution is 2.16.